The van der Waals surface area contributed by atoms with Gasteiger partial charge in [-0.3, -0.25) is 33.3 Å². The molecule has 5 aromatic rings. The van der Waals surface area contributed by atoms with Gasteiger partial charge in [0, 0.05) is 97.4 Å². The minimum absolute atomic E-state index is 0.0997. The van der Waals surface area contributed by atoms with E-state index in [2.05, 4.69) is 74.1 Å². The van der Waals surface area contributed by atoms with Gasteiger partial charge >= 0.3 is 11.9 Å². The number of pyridine rings is 1. The van der Waals surface area contributed by atoms with Gasteiger partial charge in [0.25, 0.3) is 0 Å². The zero-order valence-corrected chi connectivity index (χ0v) is 44.0. The Kier molecular flexibility index (Phi) is 20.1. The maximum absolute atomic E-state index is 14.6. The number of imidazole rings is 1. The first kappa shape index (κ1) is 56.3. The van der Waals surface area contributed by atoms with Crippen LogP contribution in [0.5, 0.6) is 0 Å². The van der Waals surface area contributed by atoms with Gasteiger partial charge in [-0.15, -0.1) is 10.2 Å². The topological polar surface area (TPSA) is 134 Å². The normalized spacial score (nSPS) is 19.1. The third-order valence-electron chi connectivity index (χ3n) is 14.6. The summed E-state index contributed by atoms with van der Waals surface area (Å²) >= 11 is 0. The molecule has 6 heterocycles. The lowest BCUT2D eigenvalue weighted by molar-refractivity contribution is -0.136. The molecule has 18 heteroatoms. The van der Waals surface area contributed by atoms with Gasteiger partial charge in [-0.25, -0.2) is 4.79 Å². The number of hydrogen-bond donors (Lipinski definition) is 0. The molecule has 2 unspecified atom stereocenters. The van der Waals surface area contributed by atoms with E-state index in [-0.39, 0.29) is 30.1 Å². The molecule has 4 fully saturated rings. The van der Waals surface area contributed by atoms with E-state index in [4.69, 9.17) is 9.53 Å². The Morgan fingerprint density at radius 3 is 2.23 bits per heavy atom. The predicted molar refractivity (Wildman–Crippen MR) is 284 cm³/mol. The Labute approximate surface area is 438 Å². The second kappa shape index (κ2) is 26.8. The van der Waals surface area contributed by atoms with Crippen LogP contribution in [0.2, 0.25) is 0 Å². The molecule has 1 amide bonds. The van der Waals surface area contributed by atoms with Crippen LogP contribution in [0.25, 0.3) is 11.2 Å². The van der Waals surface area contributed by atoms with E-state index in [1.165, 1.54) is 59.7 Å². The molecular formula is C57H73F3N10O5. The molecule has 3 aliphatic heterocycles. The van der Waals surface area contributed by atoms with Crippen LogP contribution in [-0.4, -0.2) is 140 Å². The van der Waals surface area contributed by atoms with Crippen LogP contribution in [0, 0.1) is 5.92 Å². The molecule has 0 bridgehead atoms. The molecule has 0 radical (unpaired) electrons. The summed E-state index contributed by atoms with van der Waals surface area (Å²) in [4.78, 5) is 55.9. The lowest BCUT2D eigenvalue weighted by atomic mass is 9.98. The van der Waals surface area contributed by atoms with Crippen molar-refractivity contribution in [3.63, 3.8) is 0 Å². The minimum atomic E-state index is -4.66. The van der Waals surface area contributed by atoms with Crippen molar-refractivity contribution in [1.82, 2.24) is 48.2 Å². The molecule has 2 aromatic carbocycles. The van der Waals surface area contributed by atoms with Gasteiger partial charge < -0.3 is 23.9 Å². The average Bonchev–Trinajstić information content (AvgIpc) is 4.06. The number of hydrogen-bond acceptors (Lipinski definition) is 11. The number of aromatic nitrogens is 5. The van der Waals surface area contributed by atoms with Gasteiger partial charge in [-0.05, 0) is 104 Å². The number of nitrogens with zero attached hydrogens (tertiary/aromatic N) is 10. The molecule has 3 aromatic heterocycles. The zero-order valence-electron chi connectivity index (χ0n) is 44.0. The van der Waals surface area contributed by atoms with Crippen molar-refractivity contribution >= 4 is 24.5 Å². The Bertz CT molecular complexity index is 2820. The van der Waals surface area contributed by atoms with Crippen LogP contribution in [-0.2, 0) is 58.5 Å². The van der Waals surface area contributed by atoms with Gasteiger partial charge in [-0.1, -0.05) is 73.7 Å². The molecule has 75 heavy (non-hydrogen) atoms. The molecule has 0 N–H and O–H groups in total. The van der Waals surface area contributed by atoms with Crippen molar-refractivity contribution in [2.75, 3.05) is 66.5 Å². The Hall–Kier alpha value is -6.47. The molecule has 3 saturated heterocycles. The first-order chi connectivity index (χ1) is 36.2. The highest BCUT2D eigenvalue weighted by Crippen LogP contribution is 2.34. The number of carbonyl (C=O) groups excluding carboxylic acids is 3. The number of aldehydes is 1. The highest BCUT2D eigenvalue weighted by Gasteiger charge is 2.35. The van der Waals surface area contributed by atoms with Crippen LogP contribution in [0.15, 0.2) is 114 Å². The molecular weight excluding hydrogens is 962 g/mol. The number of allylic oxidation sites excluding steroid dienone is 4. The number of likely N-dealkylation sites (tertiary alicyclic amines) is 2. The summed E-state index contributed by atoms with van der Waals surface area (Å²) in [6.07, 6.45) is 17.9. The number of carbonyl (C=O) groups is 3. The number of alkyl halides is 3. The molecule has 402 valence electrons. The standard InChI is InChI=1S/C52H63F3N10O4.C4H8.CH2O/c1-38(29-58(2)49-17-18-50(67)60(49)4)25-44(11-5-6-24-66)63-22-20-61(21-23-63)30-39-13-15-40(16-14-39)35-69-36-42-10-8-19-62(31-42)32-43-27-46(52(53,54)55)47-34-64(51(68)65(47)33-43)45-12-7-9-41(26-45)28-48-57-56-37-59(48)3;1-2-4-3-1;1-2/h5-7,9,11-16,24-27,33-34,37,42,49H,8,10,17-23,28-32,35-36H2,1-4H3;1-4H2;1H2/b6-5+,38-25+,44-11+;;. The fourth-order valence-corrected chi connectivity index (χ4v) is 10.2. The molecule has 9 rings (SSSR count). The quantitative estimate of drug-likeness (QED) is 0.0483. The smallest absolute Gasteiger partial charge is 0.376 e. The average molecular weight is 1040 g/mol. The molecule has 15 nitrogen and oxygen atoms in total. The van der Waals surface area contributed by atoms with Crippen LogP contribution in [0.4, 0.5) is 13.2 Å². The number of benzene rings is 2. The van der Waals surface area contributed by atoms with E-state index < -0.39 is 17.4 Å². The Morgan fingerprint density at radius 1 is 0.853 bits per heavy atom. The summed E-state index contributed by atoms with van der Waals surface area (Å²) in [7, 11) is 5.76. The number of fused-ring (bicyclic) bond motifs is 1. The fraction of sp³-hybridized carbons (Fsp3) is 0.474. The summed E-state index contributed by atoms with van der Waals surface area (Å²) in [5.74, 6) is 1.13. The maximum Gasteiger partial charge on any atom is 0.418 e. The summed E-state index contributed by atoms with van der Waals surface area (Å²) in [5, 5.41) is 8.05. The predicted octanol–water partition coefficient (Wildman–Crippen LogP) is 7.85. The SMILES string of the molecule is C1CCC1.C=O.C\C(=C/C(=C\C=C\C=O)N1CCN(Cc2ccc(COCC3CCCN(Cc4cc(C(F)(F)F)c5cn(-c6cccc(Cc7nncn7C)c6)c(=O)n5c4)C3)cc2)CC1)CN(C)C1CCC(=O)N1C. The Morgan fingerprint density at radius 2 is 1.57 bits per heavy atom. The number of halogens is 3. The van der Waals surface area contributed by atoms with E-state index in [1.807, 2.05) is 37.9 Å². The van der Waals surface area contributed by atoms with Gasteiger partial charge in [0.1, 0.15) is 25.2 Å². The lowest BCUT2D eigenvalue weighted by Gasteiger charge is -2.37. The highest BCUT2D eigenvalue weighted by atomic mass is 19.4. The lowest BCUT2D eigenvalue weighted by Crippen LogP contribution is -2.45. The number of rotatable bonds is 18. The third-order valence-corrected chi connectivity index (χ3v) is 14.6. The summed E-state index contributed by atoms with van der Waals surface area (Å²) in [5.41, 5.74) is 4.69. The number of aryl methyl sites for hydroxylation is 1. The number of piperazine rings is 1. The monoisotopic (exact) mass is 1030 g/mol. The molecule has 0 spiro atoms. The second-order valence-corrected chi connectivity index (χ2v) is 20.3. The first-order valence-electron chi connectivity index (χ1n) is 26.1. The van der Waals surface area contributed by atoms with Gasteiger partial charge in [0.2, 0.25) is 5.91 Å². The van der Waals surface area contributed by atoms with Crippen molar-refractivity contribution in [3.8, 4) is 5.69 Å². The van der Waals surface area contributed by atoms with Crippen molar-refractivity contribution in [2.24, 2.45) is 13.0 Å². The fourth-order valence-electron chi connectivity index (χ4n) is 10.2. The van der Waals surface area contributed by atoms with E-state index in [0.29, 0.717) is 43.9 Å². The number of ether oxygens (including phenoxy) is 1. The molecule has 1 aliphatic carbocycles. The van der Waals surface area contributed by atoms with E-state index in [1.54, 1.807) is 41.4 Å². The maximum atomic E-state index is 14.6. The summed E-state index contributed by atoms with van der Waals surface area (Å²) in [6, 6.07) is 16.9. The van der Waals surface area contributed by atoms with Crippen LogP contribution in [0.3, 0.4) is 0 Å². The zero-order chi connectivity index (χ0) is 53.5. The molecule has 2 atom stereocenters. The van der Waals surface area contributed by atoms with Gasteiger partial charge in [0.05, 0.1) is 36.1 Å². The summed E-state index contributed by atoms with van der Waals surface area (Å²) < 4.78 is 54.2. The van der Waals surface area contributed by atoms with Crippen LogP contribution >= 0.6 is 0 Å². The summed E-state index contributed by atoms with van der Waals surface area (Å²) in [6.45, 7) is 11.9. The van der Waals surface area contributed by atoms with Gasteiger partial charge in [-0.2, -0.15) is 13.2 Å². The Balaban J connectivity index is 0.00000129. The van der Waals surface area contributed by atoms with Crippen LogP contribution in [0.1, 0.15) is 91.9 Å². The largest absolute Gasteiger partial charge is 0.418 e. The van der Waals surface area contributed by atoms with Crippen molar-refractivity contribution < 1.29 is 32.3 Å². The third kappa shape index (κ3) is 15.3. The van der Waals surface area contributed by atoms with E-state index in [0.717, 1.165) is 98.4 Å². The van der Waals surface area contributed by atoms with E-state index in [9.17, 15) is 27.6 Å². The second-order valence-electron chi connectivity index (χ2n) is 20.3. The first-order valence-corrected chi connectivity index (χ1v) is 26.1. The number of likely N-dealkylation sites (N-methyl/N-ethyl adjacent to an activating group) is 1. The van der Waals surface area contributed by atoms with Crippen molar-refractivity contribution in [1.29, 1.82) is 0 Å². The van der Waals surface area contributed by atoms with Crippen LogP contribution < -0.4 is 5.69 Å². The highest BCUT2D eigenvalue weighted by molar-refractivity contribution is 5.78. The number of piperidine rings is 1. The van der Waals surface area contributed by atoms with Crippen molar-refractivity contribution in [3.05, 3.63) is 153 Å². The van der Waals surface area contributed by atoms with Gasteiger partial charge in [0.15, 0.2) is 0 Å². The molecule has 4 aliphatic rings. The number of amides is 1. The van der Waals surface area contributed by atoms with Crippen molar-refractivity contribution in [2.45, 2.75) is 96.7 Å². The van der Waals surface area contributed by atoms with E-state index >= 15 is 0 Å². The minimum Gasteiger partial charge on any atom is -0.376 e. The molecule has 1 saturated carbocycles.